The highest BCUT2D eigenvalue weighted by molar-refractivity contribution is 5.34. The van der Waals surface area contributed by atoms with Gasteiger partial charge in [-0.1, -0.05) is 0 Å². The van der Waals surface area contributed by atoms with Crippen LogP contribution < -0.4 is 10.6 Å². The molecule has 5 nitrogen and oxygen atoms in total. The van der Waals surface area contributed by atoms with Gasteiger partial charge in [0.05, 0.1) is 23.9 Å². The third-order valence-electron chi connectivity index (χ3n) is 3.79. The van der Waals surface area contributed by atoms with Crippen molar-refractivity contribution in [2.45, 2.75) is 37.8 Å². The van der Waals surface area contributed by atoms with Crippen molar-refractivity contribution in [3.05, 3.63) is 17.8 Å². The van der Waals surface area contributed by atoms with Crippen molar-refractivity contribution < 1.29 is 4.74 Å². The molecule has 3 heterocycles. The monoisotopic (exact) mass is 248 g/mol. The van der Waals surface area contributed by atoms with Gasteiger partial charge in [-0.15, -0.1) is 5.10 Å². The minimum atomic E-state index is 0.0496. The van der Waals surface area contributed by atoms with Crippen LogP contribution in [0.2, 0.25) is 0 Å². The first-order valence-electron chi connectivity index (χ1n) is 6.67. The SMILES string of the molecule is Cc1ccc(N[C@H]2CO[C@]3(CCCNC3)C2)nn1. The number of hydrogen-bond donors (Lipinski definition) is 2. The van der Waals surface area contributed by atoms with Gasteiger partial charge in [-0.2, -0.15) is 5.10 Å². The number of piperidine rings is 1. The Kier molecular flexibility index (Phi) is 3.18. The van der Waals surface area contributed by atoms with Gasteiger partial charge in [-0.05, 0) is 38.4 Å². The van der Waals surface area contributed by atoms with Crippen LogP contribution in [-0.2, 0) is 4.74 Å². The molecule has 2 fully saturated rings. The summed E-state index contributed by atoms with van der Waals surface area (Å²) < 4.78 is 6.02. The number of aromatic nitrogens is 2. The first-order chi connectivity index (χ1) is 8.76. The number of hydrogen-bond acceptors (Lipinski definition) is 5. The maximum atomic E-state index is 6.02. The lowest BCUT2D eigenvalue weighted by Crippen LogP contribution is -2.45. The van der Waals surface area contributed by atoms with E-state index in [1.54, 1.807) is 0 Å². The molecule has 2 aliphatic heterocycles. The number of rotatable bonds is 2. The minimum absolute atomic E-state index is 0.0496. The third-order valence-corrected chi connectivity index (χ3v) is 3.79. The van der Waals surface area contributed by atoms with Crippen LogP contribution in [0.1, 0.15) is 25.0 Å². The van der Waals surface area contributed by atoms with Crippen molar-refractivity contribution in [2.75, 3.05) is 25.0 Å². The van der Waals surface area contributed by atoms with Crippen molar-refractivity contribution in [2.24, 2.45) is 0 Å². The molecule has 0 amide bonds. The molecule has 2 saturated heterocycles. The number of ether oxygens (including phenoxy) is 1. The fourth-order valence-corrected chi connectivity index (χ4v) is 2.86. The fraction of sp³-hybridized carbons (Fsp3) is 0.692. The molecule has 2 aliphatic rings. The Balaban J connectivity index is 1.60. The molecule has 1 aromatic rings. The van der Waals surface area contributed by atoms with Crippen LogP contribution >= 0.6 is 0 Å². The molecule has 1 spiro atoms. The lowest BCUT2D eigenvalue weighted by atomic mass is 9.90. The maximum absolute atomic E-state index is 6.02. The van der Waals surface area contributed by atoms with Gasteiger partial charge in [0.25, 0.3) is 0 Å². The second-order valence-electron chi connectivity index (χ2n) is 5.38. The van der Waals surface area contributed by atoms with Crippen LogP contribution in [0.25, 0.3) is 0 Å². The van der Waals surface area contributed by atoms with E-state index in [0.29, 0.717) is 6.04 Å². The summed E-state index contributed by atoms with van der Waals surface area (Å²) in [6.45, 7) is 4.80. The van der Waals surface area contributed by atoms with E-state index in [4.69, 9.17) is 4.74 Å². The second kappa shape index (κ2) is 4.82. The van der Waals surface area contributed by atoms with Crippen LogP contribution in [0.4, 0.5) is 5.82 Å². The zero-order chi connectivity index (χ0) is 12.4. The lowest BCUT2D eigenvalue weighted by molar-refractivity contribution is -0.0138. The normalized spacial score (nSPS) is 31.7. The fourth-order valence-electron chi connectivity index (χ4n) is 2.86. The average molecular weight is 248 g/mol. The van der Waals surface area contributed by atoms with Gasteiger partial charge in [0.1, 0.15) is 5.82 Å². The second-order valence-corrected chi connectivity index (χ2v) is 5.38. The Hall–Kier alpha value is -1.20. The predicted octanol–water partition coefficient (Wildman–Crippen LogP) is 1.11. The van der Waals surface area contributed by atoms with Crippen molar-refractivity contribution in [3.63, 3.8) is 0 Å². The van der Waals surface area contributed by atoms with Gasteiger partial charge in [0.2, 0.25) is 0 Å². The van der Waals surface area contributed by atoms with Gasteiger partial charge in [0.15, 0.2) is 0 Å². The molecule has 0 bridgehead atoms. The zero-order valence-electron chi connectivity index (χ0n) is 10.8. The molecule has 0 aliphatic carbocycles. The third kappa shape index (κ3) is 2.47. The van der Waals surface area contributed by atoms with E-state index in [2.05, 4.69) is 20.8 Å². The van der Waals surface area contributed by atoms with E-state index in [1.807, 2.05) is 19.1 Å². The van der Waals surface area contributed by atoms with E-state index < -0.39 is 0 Å². The number of anilines is 1. The van der Waals surface area contributed by atoms with E-state index >= 15 is 0 Å². The van der Waals surface area contributed by atoms with Crippen LogP contribution in [0.5, 0.6) is 0 Å². The summed E-state index contributed by atoms with van der Waals surface area (Å²) in [6, 6.07) is 4.30. The summed E-state index contributed by atoms with van der Waals surface area (Å²) in [7, 11) is 0. The highest BCUT2D eigenvalue weighted by Gasteiger charge is 2.41. The number of aryl methyl sites for hydroxylation is 1. The average Bonchev–Trinajstić information content (AvgIpc) is 2.76. The molecule has 2 N–H and O–H groups in total. The highest BCUT2D eigenvalue weighted by atomic mass is 16.5. The molecule has 0 saturated carbocycles. The molecule has 2 atom stereocenters. The van der Waals surface area contributed by atoms with Gasteiger partial charge in [-0.25, -0.2) is 0 Å². The summed E-state index contributed by atoms with van der Waals surface area (Å²) in [6.07, 6.45) is 3.42. The van der Waals surface area contributed by atoms with E-state index in [-0.39, 0.29) is 5.60 Å². The molecule has 3 rings (SSSR count). The topological polar surface area (TPSA) is 59.1 Å². The largest absolute Gasteiger partial charge is 0.371 e. The summed E-state index contributed by atoms with van der Waals surface area (Å²) >= 11 is 0. The molecule has 98 valence electrons. The van der Waals surface area contributed by atoms with Crippen molar-refractivity contribution in [1.82, 2.24) is 15.5 Å². The summed E-state index contributed by atoms with van der Waals surface area (Å²) in [5.41, 5.74) is 0.991. The van der Waals surface area contributed by atoms with Crippen LogP contribution in [0.15, 0.2) is 12.1 Å². The Bertz CT molecular complexity index is 400. The summed E-state index contributed by atoms with van der Waals surface area (Å²) in [4.78, 5) is 0. The lowest BCUT2D eigenvalue weighted by Gasteiger charge is -2.33. The summed E-state index contributed by atoms with van der Waals surface area (Å²) in [5, 5.41) is 15.0. The molecule has 0 radical (unpaired) electrons. The first kappa shape index (κ1) is 11.9. The van der Waals surface area contributed by atoms with E-state index in [9.17, 15) is 0 Å². The quantitative estimate of drug-likeness (QED) is 0.821. The Morgan fingerprint density at radius 1 is 1.44 bits per heavy atom. The van der Waals surface area contributed by atoms with Crippen LogP contribution in [-0.4, -0.2) is 41.5 Å². The van der Waals surface area contributed by atoms with Gasteiger partial charge in [0, 0.05) is 13.0 Å². The van der Waals surface area contributed by atoms with E-state index in [0.717, 1.165) is 44.0 Å². The van der Waals surface area contributed by atoms with Crippen molar-refractivity contribution >= 4 is 5.82 Å². The minimum Gasteiger partial charge on any atom is -0.371 e. The highest BCUT2D eigenvalue weighted by Crippen LogP contribution is 2.32. The molecule has 18 heavy (non-hydrogen) atoms. The molecule has 0 unspecified atom stereocenters. The van der Waals surface area contributed by atoms with Gasteiger partial charge < -0.3 is 15.4 Å². The van der Waals surface area contributed by atoms with E-state index in [1.165, 1.54) is 6.42 Å². The van der Waals surface area contributed by atoms with Crippen molar-refractivity contribution in [1.29, 1.82) is 0 Å². The standard InChI is InChI=1S/C13H20N4O/c1-10-3-4-12(17-16-10)15-11-7-13(18-8-11)5-2-6-14-9-13/h3-4,11,14H,2,5-9H2,1H3,(H,15,17)/t11-,13-/m1/s1. The molecule has 1 aromatic heterocycles. The predicted molar refractivity (Wildman–Crippen MR) is 69.6 cm³/mol. The molecular formula is C13H20N4O. The Labute approximate surface area is 107 Å². The molecule has 0 aromatic carbocycles. The van der Waals surface area contributed by atoms with Gasteiger partial charge in [-0.3, -0.25) is 0 Å². The number of nitrogens with one attached hydrogen (secondary N) is 2. The first-order valence-corrected chi connectivity index (χ1v) is 6.67. The zero-order valence-corrected chi connectivity index (χ0v) is 10.8. The molecule has 5 heteroatoms. The van der Waals surface area contributed by atoms with Crippen LogP contribution in [0.3, 0.4) is 0 Å². The number of nitrogens with zero attached hydrogens (tertiary/aromatic N) is 2. The van der Waals surface area contributed by atoms with Crippen molar-refractivity contribution in [3.8, 4) is 0 Å². The Morgan fingerprint density at radius 3 is 3.11 bits per heavy atom. The van der Waals surface area contributed by atoms with Gasteiger partial charge >= 0.3 is 0 Å². The summed E-state index contributed by atoms with van der Waals surface area (Å²) in [5.74, 6) is 0.843. The Morgan fingerprint density at radius 2 is 2.39 bits per heavy atom. The molecular weight excluding hydrogens is 228 g/mol. The smallest absolute Gasteiger partial charge is 0.148 e. The van der Waals surface area contributed by atoms with Crippen LogP contribution in [0, 0.1) is 6.92 Å². The maximum Gasteiger partial charge on any atom is 0.148 e.